The van der Waals surface area contributed by atoms with Gasteiger partial charge in [-0.15, -0.1) is 0 Å². The number of aryl methyl sites for hydroxylation is 1. The number of benzene rings is 2. The van der Waals surface area contributed by atoms with E-state index in [0.29, 0.717) is 11.4 Å². The highest BCUT2D eigenvalue weighted by Gasteiger charge is 2.15. The van der Waals surface area contributed by atoms with Crippen LogP contribution in [0.3, 0.4) is 0 Å². The van der Waals surface area contributed by atoms with Crippen molar-refractivity contribution < 1.29 is 14.7 Å². The van der Waals surface area contributed by atoms with Gasteiger partial charge in [0.25, 0.3) is 5.91 Å². The van der Waals surface area contributed by atoms with E-state index in [4.69, 9.17) is 0 Å². The number of carboxylic acids is 1. The van der Waals surface area contributed by atoms with Gasteiger partial charge >= 0.3 is 0 Å². The van der Waals surface area contributed by atoms with Crippen molar-refractivity contribution in [3.8, 4) is 0 Å². The standard InChI is InChI=1S/C16H12N2O3S/c1-9-6-7-10(16(20)21)8-12(9)17-15(19)14-11-4-2-3-5-13(11)22-18-14/h2-8H,1H3,(H,17,19)(H,20,21)/p-1. The molecule has 0 aliphatic rings. The molecule has 0 saturated carbocycles. The summed E-state index contributed by atoms with van der Waals surface area (Å²) in [7, 11) is 0. The Hall–Kier alpha value is -2.73. The summed E-state index contributed by atoms with van der Waals surface area (Å²) in [4.78, 5) is 23.3. The molecule has 5 nitrogen and oxygen atoms in total. The molecule has 6 heteroatoms. The number of aromatic nitrogens is 1. The second-order valence-corrected chi connectivity index (χ2v) is 5.60. The lowest BCUT2D eigenvalue weighted by molar-refractivity contribution is -0.255. The van der Waals surface area contributed by atoms with Crippen LogP contribution in [0, 0.1) is 6.92 Å². The van der Waals surface area contributed by atoms with E-state index in [1.165, 1.54) is 23.7 Å². The first-order chi connectivity index (χ1) is 10.6. The van der Waals surface area contributed by atoms with E-state index in [1.807, 2.05) is 24.3 Å². The van der Waals surface area contributed by atoms with E-state index in [2.05, 4.69) is 9.69 Å². The van der Waals surface area contributed by atoms with E-state index >= 15 is 0 Å². The van der Waals surface area contributed by atoms with Gasteiger partial charge in [-0.2, -0.15) is 4.37 Å². The smallest absolute Gasteiger partial charge is 0.276 e. The summed E-state index contributed by atoms with van der Waals surface area (Å²) in [6.45, 7) is 1.79. The van der Waals surface area contributed by atoms with E-state index in [9.17, 15) is 14.7 Å². The summed E-state index contributed by atoms with van der Waals surface area (Å²) in [5.74, 6) is -1.65. The number of hydrogen-bond acceptors (Lipinski definition) is 5. The van der Waals surface area contributed by atoms with Gasteiger partial charge in [-0.25, -0.2) is 0 Å². The molecule has 110 valence electrons. The van der Waals surface area contributed by atoms with Crippen LogP contribution in [0.5, 0.6) is 0 Å². The Morgan fingerprint density at radius 3 is 2.73 bits per heavy atom. The van der Waals surface area contributed by atoms with E-state index in [0.717, 1.165) is 15.6 Å². The molecule has 3 aromatic rings. The zero-order valence-electron chi connectivity index (χ0n) is 11.6. The Kier molecular flexibility index (Phi) is 3.60. The molecule has 0 bridgehead atoms. The number of hydrogen-bond donors (Lipinski definition) is 1. The van der Waals surface area contributed by atoms with Crippen LogP contribution in [0.15, 0.2) is 42.5 Å². The molecule has 2 aromatic carbocycles. The summed E-state index contributed by atoms with van der Waals surface area (Å²) < 4.78 is 5.10. The molecule has 1 N–H and O–H groups in total. The van der Waals surface area contributed by atoms with Crippen molar-refractivity contribution >= 4 is 39.2 Å². The molecule has 0 saturated heterocycles. The average molecular weight is 311 g/mol. The molecular weight excluding hydrogens is 300 g/mol. The summed E-state index contributed by atoms with van der Waals surface area (Å²) in [5.41, 5.74) is 1.55. The molecule has 1 heterocycles. The Balaban J connectivity index is 1.94. The fourth-order valence-corrected chi connectivity index (χ4v) is 2.89. The number of nitrogens with zero attached hydrogens (tertiary/aromatic N) is 1. The number of anilines is 1. The number of carbonyl (C=O) groups excluding carboxylic acids is 2. The molecule has 1 amide bonds. The third-order valence-corrected chi connectivity index (χ3v) is 4.14. The monoisotopic (exact) mass is 311 g/mol. The SMILES string of the molecule is Cc1ccc(C(=O)[O-])cc1NC(=O)c1nsc2ccccc12. The Bertz CT molecular complexity index is 886. The molecular formula is C16H11N2O3S-. The molecule has 0 unspecified atom stereocenters. The van der Waals surface area contributed by atoms with Crippen LogP contribution >= 0.6 is 11.5 Å². The van der Waals surface area contributed by atoms with Crippen molar-refractivity contribution in [2.24, 2.45) is 0 Å². The first-order valence-electron chi connectivity index (χ1n) is 6.54. The van der Waals surface area contributed by atoms with Crippen LogP contribution in [0.4, 0.5) is 5.69 Å². The maximum atomic E-state index is 12.4. The van der Waals surface area contributed by atoms with E-state index in [1.54, 1.807) is 13.0 Å². The first-order valence-corrected chi connectivity index (χ1v) is 7.31. The van der Waals surface area contributed by atoms with Crippen molar-refractivity contribution in [3.63, 3.8) is 0 Å². The van der Waals surface area contributed by atoms with Gasteiger partial charge in [-0.3, -0.25) is 4.79 Å². The van der Waals surface area contributed by atoms with Crippen LogP contribution in [-0.2, 0) is 0 Å². The van der Waals surface area contributed by atoms with Gasteiger partial charge in [0.15, 0.2) is 0 Å². The van der Waals surface area contributed by atoms with Crippen LogP contribution in [0.1, 0.15) is 26.4 Å². The fourth-order valence-electron chi connectivity index (χ4n) is 2.11. The van der Waals surface area contributed by atoms with Crippen LogP contribution in [-0.4, -0.2) is 16.3 Å². The minimum absolute atomic E-state index is 0.0176. The third kappa shape index (κ3) is 2.56. The van der Waals surface area contributed by atoms with Gasteiger partial charge in [0.2, 0.25) is 0 Å². The largest absolute Gasteiger partial charge is 0.545 e. The molecule has 1 aromatic heterocycles. The van der Waals surface area contributed by atoms with Gasteiger partial charge in [0.1, 0.15) is 5.69 Å². The third-order valence-electron chi connectivity index (χ3n) is 3.31. The van der Waals surface area contributed by atoms with E-state index in [-0.39, 0.29) is 11.5 Å². The highest BCUT2D eigenvalue weighted by atomic mass is 32.1. The second kappa shape index (κ2) is 5.57. The maximum absolute atomic E-state index is 12.4. The number of fused-ring (bicyclic) bond motifs is 1. The number of aromatic carboxylic acids is 1. The van der Waals surface area contributed by atoms with Gasteiger partial charge in [-0.1, -0.05) is 30.3 Å². The second-order valence-electron chi connectivity index (χ2n) is 4.80. The predicted octanol–water partition coefficient (Wildman–Crippen LogP) is 2.22. The predicted molar refractivity (Wildman–Crippen MR) is 83.1 cm³/mol. The number of amides is 1. The van der Waals surface area contributed by atoms with Gasteiger partial charge < -0.3 is 15.2 Å². The zero-order valence-corrected chi connectivity index (χ0v) is 12.4. The lowest BCUT2D eigenvalue weighted by Crippen LogP contribution is -2.22. The highest BCUT2D eigenvalue weighted by molar-refractivity contribution is 7.13. The average Bonchev–Trinajstić information content (AvgIpc) is 2.93. The summed E-state index contributed by atoms with van der Waals surface area (Å²) in [5, 5.41) is 14.4. The highest BCUT2D eigenvalue weighted by Crippen LogP contribution is 2.24. The molecule has 0 aliphatic heterocycles. The van der Waals surface area contributed by atoms with Crippen LogP contribution < -0.4 is 10.4 Å². The van der Waals surface area contributed by atoms with Gasteiger partial charge in [0, 0.05) is 11.1 Å². The zero-order chi connectivity index (χ0) is 15.7. The van der Waals surface area contributed by atoms with Crippen molar-refractivity contribution in [1.29, 1.82) is 0 Å². The topological polar surface area (TPSA) is 82.1 Å². The molecule has 0 atom stereocenters. The normalized spacial score (nSPS) is 10.6. The van der Waals surface area contributed by atoms with Gasteiger partial charge in [-0.05, 0) is 41.7 Å². The van der Waals surface area contributed by atoms with Crippen LogP contribution in [0.25, 0.3) is 10.1 Å². The molecule has 0 aliphatic carbocycles. The minimum Gasteiger partial charge on any atom is -0.545 e. The molecule has 0 radical (unpaired) electrons. The lowest BCUT2D eigenvalue weighted by Gasteiger charge is -2.10. The lowest BCUT2D eigenvalue weighted by atomic mass is 10.1. The van der Waals surface area contributed by atoms with E-state index < -0.39 is 5.97 Å². The van der Waals surface area contributed by atoms with Gasteiger partial charge in [0.05, 0.1) is 10.7 Å². The molecule has 22 heavy (non-hydrogen) atoms. The maximum Gasteiger partial charge on any atom is 0.276 e. The Morgan fingerprint density at radius 2 is 1.95 bits per heavy atom. The summed E-state index contributed by atoms with van der Waals surface area (Å²) >= 11 is 1.25. The van der Waals surface area contributed by atoms with Crippen molar-refractivity contribution in [1.82, 2.24) is 4.37 Å². The first kappa shape index (κ1) is 14.2. The Labute approximate surface area is 130 Å². The Morgan fingerprint density at radius 1 is 1.18 bits per heavy atom. The molecule has 0 fully saturated rings. The number of rotatable bonds is 3. The summed E-state index contributed by atoms with van der Waals surface area (Å²) in [6.07, 6.45) is 0. The quantitative estimate of drug-likeness (QED) is 0.804. The van der Waals surface area contributed by atoms with Crippen molar-refractivity contribution in [3.05, 3.63) is 59.3 Å². The number of carboxylic acid groups (broad SMARTS) is 1. The van der Waals surface area contributed by atoms with Crippen molar-refractivity contribution in [2.75, 3.05) is 5.32 Å². The van der Waals surface area contributed by atoms with Crippen molar-refractivity contribution in [2.45, 2.75) is 6.92 Å². The minimum atomic E-state index is -1.28. The number of nitrogens with one attached hydrogen (secondary N) is 1. The fraction of sp³-hybridized carbons (Fsp3) is 0.0625. The molecule has 0 spiro atoms. The number of carbonyl (C=O) groups is 2. The van der Waals surface area contributed by atoms with Crippen LogP contribution in [0.2, 0.25) is 0 Å². The summed E-state index contributed by atoms with van der Waals surface area (Å²) in [6, 6.07) is 11.9. The molecule has 3 rings (SSSR count).